The summed E-state index contributed by atoms with van der Waals surface area (Å²) in [5.41, 5.74) is 2.85. The molecule has 1 atom stereocenters. The van der Waals surface area contributed by atoms with Crippen molar-refractivity contribution in [1.82, 2.24) is 14.8 Å². The maximum Gasteiger partial charge on any atom is 0.226 e. The number of para-hydroxylation sites is 1. The molecular formula is C22H20N4O3S. The molecule has 0 unspecified atom stereocenters. The largest absolute Gasteiger partial charge is 0.493 e. The highest BCUT2D eigenvalue weighted by Gasteiger charge is 2.31. The zero-order chi connectivity index (χ0) is 20.7. The van der Waals surface area contributed by atoms with E-state index in [9.17, 15) is 4.79 Å². The van der Waals surface area contributed by atoms with Crippen molar-refractivity contribution in [3.63, 3.8) is 0 Å². The smallest absolute Gasteiger partial charge is 0.226 e. The average Bonchev–Trinajstić information content (AvgIpc) is 3.37. The van der Waals surface area contributed by atoms with E-state index in [1.54, 1.807) is 23.1 Å². The fourth-order valence-electron chi connectivity index (χ4n) is 3.79. The standard InChI is InChI=1S/C22H20N4O3S/c1-3-29-17-9-8-13(10-18(17)28-2)14-11-20(27)25-21-15(14)12-23-26(21)22-24-16-6-4-5-7-19(16)30-22/h4-10,12,14H,3,11H2,1-2H3,(H,25,27)/t14-/m0/s1. The van der Waals surface area contributed by atoms with E-state index in [0.29, 0.717) is 30.3 Å². The van der Waals surface area contributed by atoms with Gasteiger partial charge in [0.05, 0.1) is 30.1 Å². The molecule has 1 N–H and O–H groups in total. The van der Waals surface area contributed by atoms with E-state index < -0.39 is 0 Å². The number of fused-ring (bicyclic) bond motifs is 2. The van der Waals surface area contributed by atoms with Crippen LogP contribution in [0.5, 0.6) is 11.5 Å². The molecule has 1 amide bonds. The van der Waals surface area contributed by atoms with Gasteiger partial charge in [0.2, 0.25) is 11.0 Å². The summed E-state index contributed by atoms with van der Waals surface area (Å²) in [5.74, 6) is 1.84. The SMILES string of the molecule is CCOc1ccc([C@@H]2CC(=O)Nc3c2cnn3-c2nc3ccccc3s2)cc1OC. The molecule has 0 bridgehead atoms. The van der Waals surface area contributed by atoms with E-state index in [0.717, 1.165) is 26.5 Å². The lowest BCUT2D eigenvalue weighted by molar-refractivity contribution is -0.116. The first-order chi connectivity index (χ1) is 14.7. The first-order valence-corrected chi connectivity index (χ1v) is 10.5. The van der Waals surface area contributed by atoms with Crippen LogP contribution in [0.15, 0.2) is 48.7 Å². The minimum absolute atomic E-state index is 0.0526. The molecule has 30 heavy (non-hydrogen) atoms. The van der Waals surface area contributed by atoms with Gasteiger partial charge in [-0.2, -0.15) is 9.78 Å². The van der Waals surface area contributed by atoms with Crippen LogP contribution in [0.3, 0.4) is 0 Å². The molecule has 0 saturated heterocycles. The predicted molar refractivity (Wildman–Crippen MR) is 116 cm³/mol. The van der Waals surface area contributed by atoms with Gasteiger partial charge in [0, 0.05) is 17.9 Å². The van der Waals surface area contributed by atoms with Crippen LogP contribution in [0.2, 0.25) is 0 Å². The summed E-state index contributed by atoms with van der Waals surface area (Å²) >= 11 is 1.54. The monoisotopic (exact) mass is 420 g/mol. The normalized spacial score (nSPS) is 15.7. The summed E-state index contributed by atoms with van der Waals surface area (Å²) in [4.78, 5) is 17.2. The Morgan fingerprint density at radius 1 is 1.23 bits per heavy atom. The lowest BCUT2D eigenvalue weighted by Crippen LogP contribution is -2.24. The number of benzene rings is 2. The summed E-state index contributed by atoms with van der Waals surface area (Å²) in [6.07, 6.45) is 2.16. The molecule has 0 fully saturated rings. The zero-order valence-electron chi connectivity index (χ0n) is 16.6. The van der Waals surface area contributed by atoms with Crippen LogP contribution in [0, 0.1) is 0 Å². The van der Waals surface area contributed by atoms with E-state index in [-0.39, 0.29) is 11.8 Å². The van der Waals surface area contributed by atoms with Crippen LogP contribution in [0.4, 0.5) is 5.82 Å². The quantitative estimate of drug-likeness (QED) is 0.519. The zero-order valence-corrected chi connectivity index (χ0v) is 17.4. The Morgan fingerprint density at radius 3 is 2.90 bits per heavy atom. The van der Waals surface area contributed by atoms with Crippen molar-refractivity contribution >= 4 is 33.3 Å². The van der Waals surface area contributed by atoms with Gasteiger partial charge in [0.15, 0.2) is 11.5 Å². The van der Waals surface area contributed by atoms with E-state index >= 15 is 0 Å². The number of carbonyl (C=O) groups is 1. The number of anilines is 1. The second-order valence-corrected chi connectivity index (χ2v) is 7.98. The van der Waals surface area contributed by atoms with Crippen LogP contribution in [-0.2, 0) is 4.79 Å². The van der Waals surface area contributed by atoms with E-state index in [1.807, 2.05) is 55.6 Å². The molecule has 4 aromatic rings. The van der Waals surface area contributed by atoms with E-state index in [2.05, 4.69) is 15.4 Å². The number of nitrogens with zero attached hydrogens (tertiary/aromatic N) is 3. The molecule has 8 heteroatoms. The second-order valence-electron chi connectivity index (χ2n) is 6.97. The summed E-state index contributed by atoms with van der Waals surface area (Å²) in [6.45, 7) is 2.49. The number of carbonyl (C=O) groups excluding carboxylic acids is 1. The van der Waals surface area contributed by atoms with Crippen molar-refractivity contribution in [2.24, 2.45) is 0 Å². The molecule has 3 heterocycles. The van der Waals surface area contributed by atoms with Gasteiger partial charge in [-0.25, -0.2) is 4.98 Å². The van der Waals surface area contributed by atoms with Crippen LogP contribution >= 0.6 is 11.3 Å². The van der Waals surface area contributed by atoms with E-state index in [1.165, 1.54) is 0 Å². The molecule has 0 aliphatic carbocycles. The molecular weight excluding hydrogens is 400 g/mol. The molecule has 5 rings (SSSR count). The van der Waals surface area contributed by atoms with Crippen molar-refractivity contribution in [2.45, 2.75) is 19.3 Å². The average molecular weight is 420 g/mol. The first-order valence-electron chi connectivity index (χ1n) is 9.72. The topological polar surface area (TPSA) is 78.3 Å². The number of hydrogen-bond donors (Lipinski definition) is 1. The Morgan fingerprint density at radius 2 is 2.10 bits per heavy atom. The highest BCUT2D eigenvalue weighted by atomic mass is 32.1. The Kier molecular flexibility index (Phi) is 4.63. The molecule has 0 saturated carbocycles. The van der Waals surface area contributed by atoms with Crippen LogP contribution in [0.25, 0.3) is 15.3 Å². The van der Waals surface area contributed by atoms with Gasteiger partial charge in [0.1, 0.15) is 5.82 Å². The Bertz CT molecular complexity index is 1210. The lowest BCUT2D eigenvalue weighted by atomic mass is 9.87. The van der Waals surface area contributed by atoms with Gasteiger partial charge in [-0.3, -0.25) is 4.79 Å². The molecule has 1 aliphatic rings. The van der Waals surface area contributed by atoms with Gasteiger partial charge in [-0.1, -0.05) is 29.5 Å². The molecule has 2 aromatic heterocycles. The van der Waals surface area contributed by atoms with Crippen molar-refractivity contribution in [2.75, 3.05) is 19.0 Å². The molecule has 1 aliphatic heterocycles. The number of rotatable bonds is 5. The van der Waals surface area contributed by atoms with Crippen molar-refractivity contribution in [3.8, 4) is 16.6 Å². The third kappa shape index (κ3) is 3.09. The minimum Gasteiger partial charge on any atom is -0.493 e. The Labute approximate surface area is 177 Å². The number of nitrogens with one attached hydrogen (secondary N) is 1. The molecule has 0 spiro atoms. The fourth-order valence-corrected chi connectivity index (χ4v) is 4.72. The maximum absolute atomic E-state index is 12.6. The fraction of sp³-hybridized carbons (Fsp3) is 0.227. The van der Waals surface area contributed by atoms with Gasteiger partial charge < -0.3 is 14.8 Å². The molecule has 7 nitrogen and oxygen atoms in total. The molecule has 152 valence electrons. The highest BCUT2D eigenvalue weighted by Crippen LogP contribution is 2.41. The Balaban J connectivity index is 1.57. The van der Waals surface area contributed by atoms with E-state index in [4.69, 9.17) is 9.47 Å². The van der Waals surface area contributed by atoms with Crippen molar-refractivity contribution in [1.29, 1.82) is 0 Å². The maximum atomic E-state index is 12.6. The van der Waals surface area contributed by atoms with Crippen molar-refractivity contribution in [3.05, 3.63) is 59.8 Å². The predicted octanol–water partition coefficient (Wildman–Crippen LogP) is 4.36. The van der Waals surface area contributed by atoms with Crippen LogP contribution in [0.1, 0.15) is 30.4 Å². The van der Waals surface area contributed by atoms with Gasteiger partial charge in [-0.15, -0.1) is 0 Å². The number of thiazole rings is 1. The summed E-state index contributed by atoms with van der Waals surface area (Å²) in [7, 11) is 1.62. The van der Waals surface area contributed by atoms with Gasteiger partial charge in [0.25, 0.3) is 0 Å². The summed E-state index contributed by atoms with van der Waals surface area (Å²) in [6, 6.07) is 13.8. The first kappa shape index (κ1) is 18.6. The molecule has 2 aromatic carbocycles. The summed E-state index contributed by atoms with van der Waals surface area (Å²) < 4.78 is 13.9. The van der Waals surface area contributed by atoms with Crippen molar-refractivity contribution < 1.29 is 14.3 Å². The van der Waals surface area contributed by atoms with Crippen LogP contribution < -0.4 is 14.8 Å². The minimum atomic E-state index is -0.124. The number of ether oxygens (including phenoxy) is 2. The van der Waals surface area contributed by atoms with Gasteiger partial charge in [-0.05, 0) is 36.8 Å². The summed E-state index contributed by atoms with van der Waals surface area (Å²) in [5, 5.41) is 8.27. The number of methoxy groups -OCH3 is 1. The third-order valence-electron chi connectivity index (χ3n) is 5.17. The second kappa shape index (κ2) is 7.46. The van der Waals surface area contributed by atoms with Gasteiger partial charge >= 0.3 is 0 Å². The number of aromatic nitrogens is 3. The third-order valence-corrected chi connectivity index (χ3v) is 6.19. The number of hydrogen-bond acceptors (Lipinski definition) is 6. The lowest BCUT2D eigenvalue weighted by Gasteiger charge is -2.24. The van der Waals surface area contributed by atoms with Crippen LogP contribution in [-0.4, -0.2) is 34.4 Å². The highest BCUT2D eigenvalue weighted by molar-refractivity contribution is 7.20. The Hall–Kier alpha value is -3.39. The number of amides is 1. The molecule has 0 radical (unpaired) electrons.